The molecule has 0 aliphatic carbocycles. The Hall–Kier alpha value is -1.52. The summed E-state index contributed by atoms with van der Waals surface area (Å²) >= 11 is 9.17. The summed E-state index contributed by atoms with van der Waals surface area (Å²) in [5, 5.41) is 9.53. The Morgan fingerprint density at radius 3 is 2.47 bits per heavy atom. The first kappa shape index (κ1) is 13.9. The fourth-order valence-electron chi connectivity index (χ4n) is 1.56. The fraction of sp³-hybridized carbons (Fsp3) is 0.0714. The highest BCUT2D eigenvalue weighted by Gasteiger charge is 2.09. The zero-order valence-corrected chi connectivity index (χ0v) is 12.3. The lowest BCUT2D eigenvalue weighted by atomic mass is 10.2. The number of carbonyl (C=O) groups is 1. The first-order chi connectivity index (χ1) is 8.97. The normalized spacial score (nSPS) is 10.3. The van der Waals surface area contributed by atoms with Crippen LogP contribution < -0.4 is 4.74 Å². The molecule has 2 rings (SSSR count). The van der Waals surface area contributed by atoms with Gasteiger partial charge in [0.2, 0.25) is 0 Å². The molecule has 0 fully saturated rings. The van der Waals surface area contributed by atoms with Crippen LogP contribution in [0.2, 0.25) is 5.02 Å². The fourth-order valence-corrected chi connectivity index (χ4v) is 2.25. The molecular weight excluding hydrogens is 332 g/mol. The van der Waals surface area contributed by atoms with Crippen LogP contribution in [0.4, 0.5) is 0 Å². The van der Waals surface area contributed by atoms with Crippen molar-refractivity contribution in [2.75, 3.05) is 0 Å². The van der Waals surface area contributed by atoms with Crippen molar-refractivity contribution in [1.82, 2.24) is 0 Å². The maximum atomic E-state index is 10.8. The van der Waals surface area contributed by atoms with Crippen LogP contribution in [0.15, 0.2) is 40.9 Å². The summed E-state index contributed by atoms with van der Waals surface area (Å²) in [7, 11) is 0. The van der Waals surface area contributed by atoms with Crippen molar-refractivity contribution >= 4 is 33.5 Å². The molecule has 1 N–H and O–H groups in total. The number of ether oxygens (including phenoxy) is 1. The van der Waals surface area contributed by atoms with Crippen LogP contribution in [0.5, 0.6) is 11.5 Å². The summed E-state index contributed by atoms with van der Waals surface area (Å²) in [5.41, 5.74) is 1.11. The highest BCUT2D eigenvalue weighted by Crippen LogP contribution is 2.32. The third-order valence-corrected chi connectivity index (χ3v) is 3.39. The number of rotatable bonds is 3. The quantitative estimate of drug-likeness (QED) is 0.863. The molecule has 0 saturated carbocycles. The molecule has 0 aliphatic heterocycles. The van der Waals surface area contributed by atoms with E-state index in [1.807, 2.05) is 6.92 Å². The third-order valence-electron chi connectivity index (χ3n) is 2.54. The number of halogens is 2. The predicted molar refractivity (Wildman–Crippen MR) is 77.4 cm³/mol. The van der Waals surface area contributed by atoms with Gasteiger partial charge in [0.25, 0.3) is 0 Å². The van der Waals surface area contributed by atoms with Gasteiger partial charge < -0.3 is 9.84 Å². The van der Waals surface area contributed by atoms with Gasteiger partial charge in [0.1, 0.15) is 11.5 Å². The molecule has 0 aliphatic rings. The Morgan fingerprint density at radius 1 is 1.21 bits per heavy atom. The van der Waals surface area contributed by atoms with E-state index in [2.05, 4.69) is 15.9 Å². The molecule has 0 spiro atoms. The molecule has 0 bridgehead atoms. The van der Waals surface area contributed by atoms with Gasteiger partial charge in [0.05, 0.1) is 10.0 Å². The number of benzene rings is 2. The SMILES string of the molecule is Cc1cc(Cl)ccc1Oc1ccc(C(=O)O)cc1Br. The molecule has 0 radical (unpaired) electrons. The van der Waals surface area contributed by atoms with Gasteiger partial charge in [-0.15, -0.1) is 0 Å². The molecule has 2 aromatic rings. The summed E-state index contributed by atoms with van der Waals surface area (Å²) in [4.78, 5) is 10.8. The molecule has 19 heavy (non-hydrogen) atoms. The molecular formula is C14H10BrClO3. The van der Waals surface area contributed by atoms with E-state index in [1.54, 1.807) is 24.3 Å². The summed E-state index contributed by atoms with van der Waals surface area (Å²) < 4.78 is 6.32. The van der Waals surface area contributed by atoms with Gasteiger partial charge in [0.15, 0.2) is 0 Å². The van der Waals surface area contributed by atoms with Crippen LogP contribution >= 0.6 is 27.5 Å². The third kappa shape index (κ3) is 3.28. The molecule has 5 heteroatoms. The van der Waals surface area contributed by atoms with E-state index in [1.165, 1.54) is 12.1 Å². The van der Waals surface area contributed by atoms with Gasteiger partial charge in [-0.1, -0.05) is 11.6 Å². The average molecular weight is 342 g/mol. The van der Waals surface area contributed by atoms with Crippen LogP contribution in [0.25, 0.3) is 0 Å². The number of hydrogen-bond donors (Lipinski definition) is 1. The van der Waals surface area contributed by atoms with Crippen LogP contribution in [-0.2, 0) is 0 Å². The van der Waals surface area contributed by atoms with Gasteiger partial charge in [0, 0.05) is 5.02 Å². The lowest BCUT2D eigenvalue weighted by Gasteiger charge is -2.10. The topological polar surface area (TPSA) is 46.5 Å². The zero-order chi connectivity index (χ0) is 14.0. The van der Waals surface area contributed by atoms with E-state index in [4.69, 9.17) is 21.4 Å². The highest BCUT2D eigenvalue weighted by atomic mass is 79.9. The molecule has 0 amide bonds. The lowest BCUT2D eigenvalue weighted by molar-refractivity contribution is 0.0697. The molecule has 0 unspecified atom stereocenters. The van der Waals surface area contributed by atoms with Crippen molar-refractivity contribution in [2.24, 2.45) is 0 Å². The van der Waals surface area contributed by atoms with E-state index in [0.717, 1.165) is 5.56 Å². The molecule has 2 aromatic carbocycles. The van der Waals surface area contributed by atoms with Gasteiger partial charge in [-0.3, -0.25) is 0 Å². The Labute approximate surface area is 123 Å². The van der Waals surface area contributed by atoms with Crippen molar-refractivity contribution in [2.45, 2.75) is 6.92 Å². The minimum atomic E-state index is -0.977. The summed E-state index contributed by atoms with van der Waals surface area (Å²) in [6.07, 6.45) is 0. The lowest BCUT2D eigenvalue weighted by Crippen LogP contribution is -1.96. The van der Waals surface area contributed by atoms with Crippen LogP contribution in [0.3, 0.4) is 0 Å². The van der Waals surface area contributed by atoms with Gasteiger partial charge in [-0.2, -0.15) is 0 Å². The number of carboxylic acids is 1. The van der Waals surface area contributed by atoms with Gasteiger partial charge in [-0.25, -0.2) is 4.79 Å². The molecule has 0 atom stereocenters. The van der Waals surface area contributed by atoms with Gasteiger partial charge >= 0.3 is 5.97 Å². The molecule has 3 nitrogen and oxygen atoms in total. The second kappa shape index (κ2) is 5.63. The van der Waals surface area contributed by atoms with E-state index in [0.29, 0.717) is 21.0 Å². The average Bonchev–Trinajstić information content (AvgIpc) is 2.34. The number of aryl methyl sites for hydroxylation is 1. The van der Waals surface area contributed by atoms with Gasteiger partial charge in [-0.05, 0) is 64.8 Å². The predicted octanol–water partition coefficient (Wildman–Crippen LogP) is 4.90. The first-order valence-electron chi connectivity index (χ1n) is 5.44. The minimum absolute atomic E-state index is 0.201. The monoisotopic (exact) mass is 340 g/mol. The van der Waals surface area contributed by atoms with E-state index < -0.39 is 5.97 Å². The Bertz CT molecular complexity index is 641. The summed E-state index contributed by atoms with van der Waals surface area (Å²) in [6, 6.07) is 9.92. The number of aromatic carboxylic acids is 1. The first-order valence-corrected chi connectivity index (χ1v) is 6.61. The Morgan fingerprint density at radius 2 is 1.89 bits per heavy atom. The maximum absolute atomic E-state index is 10.8. The molecule has 0 saturated heterocycles. The minimum Gasteiger partial charge on any atom is -0.478 e. The van der Waals surface area contributed by atoms with E-state index in [-0.39, 0.29) is 5.56 Å². The summed E-state index contributed by atoms with van der Waals surface area (Å²) in [6.45, 7) is 1.89. The highest BCUT2D eigenvalue weighted by molar-refractivity contribution is 9.10. The van der Waals surface area contributed by atoms with Crippen molar-refractivity contribution < 1.29 is 14.6 Å². The smallest absolute Gasteiger partial charge is 0.335 e. The van der Waals surface area contributed by atoms with Crippen molar-refractivity contribution in [3.8, 4) is 11.5 Å². The number of carboxylic acid groups (broad SMARTS) is 1. The second-order valence-electron chi connectivity index (χ2n) is 3.96. The van der Waals surface area contributed by atoms with E-state index >= 15 is 0 Å². The number of hydrogen-bond acceptors (Lipinski definition) is 2. The maximum Gasteiger partial charge on any atom is 0.335 e. The molecule has 98 valence electrons. The summed E-state index contributed by atoms with van der Waals surface area (Å²) in [5.74, 6) is 0.249. The molecule has 0 heterocycles. The van der Waals surface area contributed by atoms with Crippen molar-refractivity contribution in [3.05, 3.63) is 57.0 Å². The van der Waals surface area contributed by atoms with Crippen molar-refractivity contribution in [3.63, 3.8) is 0 Å². The Balaban J connectivity index is 2.31. The standard InChI is InChI=1S/C14H10BrClO3/c1-8-6-10(16)3-5-12(8)19-13-4-2-9(14(17)18)7-11(13)15/h2-7H,1H3,(H,17,18). The van der Waals surface area contributed by atoms with E-state index in [9.17, 15) is 4.79 Å². The Kier molecular flexibility index (Phi) is 4.12. The zero-order valence-electron chi connectivity index (χ0n) is 9.98. The molecule has 0 aromatic heterocycles. The second-order valence-corrected chi connectivity index (χ2v) is 5.25. The largest absolute Gasteiger partial charge is 0.478 e. The van der Waals surface area contributed by atoms with Crippen LogP contribution in [0, 0.1) is 6.92 Å². The van der Waals surface area contributed by atoms with Crippen LogP contribution in [0.1, 0.15) is 15.9 Å². The van der Waals surface area contributed by atoms with Crippen LogP contribution in [-0.4, -0.2) is 11.1 Å². The van der Waals surface area contributed by atoms with Crippen molar-refractivity contribution in [1.29, 1.82) is 0 Å².